The molecule has 0 aliphatic rings. The zero-order valence-electron chi connectivity index (χ0n) is 11.8. The molecule has 0 amide bonds. The smallest absolute Gasteiger partial charge is 0.262 e. The molecule has 0 aromatic carbocycles. The van der Waals surface area contributed by atoms with Crippen LogP contribution in [0.15, 0.2) is 0 Å². The fourth-order valence-electron chi connectivity index (χ4n) is 1.80. The molecule has 0 heterocycles. The summed E-state index contributed by atoms with van der Waals surface area (Å²) in [5.74, 6) is 0. The molecule has 0 aliphatic heterocycles. The molecule has 110 valence electrons. The Balaban J connectivity index is 3.12. The maximum atomic E-state index is 11.0. The van der Waals surface area contributed by atoms with E-state index in [1.807, 2.05) is 0 Å². The van der Waals surface area contributed by atoms with Crippen molar-refractivity contribution < 1.29 is 12.6 Å². The molecule has 0 rings (SSSR count). The van der Waals surface area contributed by atoms with Crippen molar-refractivity contribution in [2.45, 2.75) is 71.1 Å². The highest BCUT2D eigenvalue weighted by molar-refractivity contribution is 8.70. The predicted molar refractivity (Wildman–Crippen MR) is 80.2 cm³/mol. The summed E-state index contributed by atoms with van der Waals surface area (Å²) in [7, 11) is -2.55. The first kappa shape index (κ1) is 18.3. The predicted octanol–water partition coefficient (Wildman–Crippen LogP) is 4.53. The Hall–Kier alpha value is 0.260. The molecule has 18 heavy (non-hydrogen) atoms. The summed E-state index contributed by atoms with van der Waals surface area (Å²) in [4.78, 5) is 0. The molecule has 0 aliphatic carbocycles. The molecule has 0 radical (unpaired) electrons. The number of hydrogen-bond donors (Lipinski definition) is 0. The Morgan fingerprint density at radius 2 is 1.28 bits per heavy atom. The van der Waals surface area contributed by atoms with Gasteiger partial charge in [0.05, 0.1) is 6.61 Å². The van der Waals surface area contributed by atoms with Gasteiger partial charge in [-0.1, -0.05) is 64.7 Å². The van der Waals surface area contributed by atoms with Crippen molar-refractivity contribution >= 4 is 19.9 Å². The minimum absolute atomic E-state index is 0.333. The third kappa shape index (κ3) is 12.7. The quantitative estimate of drug-likeness (QED) is 0.370. The molecule has 0 bridgehead atoms. The molecular formula is C13H28O3S2. The summed E-state index contributed by atoms with van der Waals surface area (Å²) in [6.07, 6.45) is 13.9. The van der Waals surface area contributed by atoms with Crippen LogP contribution in [0.4, 0.5) is 0 Å². The number of unbranched alkanes of at least 4 members (excludes halogenated alkanes) is 9. The molecular weight excluding hydrogens is 268 g/mol. The Kier molecular flexibility index (Phi) is 12.5. The van der Waals surface area contributed by atoms with Crippen molar-refractivity contribution in [3.63, 3.8) is 0 Å². The highest BCUT2D eigenvalue weighted by Gasteiger charge is 2.06. The molecule has 0 atom stereocenters. The summed E-state index contributed by atoms with van der Waals surface area (Å²) < 4.78 is 26.8. The summed E-state index contributed by atoms with van der Waals surface area (Å²) in [6.45, 7) is 2.57. The van der Waals surface area contributed by atoms with Crippen LogP contribution in [0.3, 0.4) is 0 Å². The molecule has 0 saturated heterocycles. The van der Waals surface area contributed by atoms with E-state index in [2.05, 4.69) is 6.92 Å². The Morgan fingerprint density at radius 3 is 1.72 bits per heavy atom. The zero-order valence-corrected chi connectivity index (χ0v) is 13.5. The topological polar surface area (TPSA) is 43.4 Å². The van der Waals surface area contributed by atoms with Crippen LogP contribution in [0.5, 0.6) is 0 Å². The van der Waals surface area contributed by atoms with E-state index >= 15 is 0 Å². The van der Waals surface area contributed by atoms with Crippen LogP contribution in [0.25, 0.3) is 0 Å². The molecule has 0 aromatic rings. The first-order valence-electron chi connectivity index (χ1n) is 7.07. The highest BCUT2D eigenvalue weighted by atomic mass is 33.1. The van der Waals surface area contributed by atoms with E-state index in [1.165, 1.54) is 57.6 Å². The molecule has 0 aromatic heterocycles. The van der Waals surface area contributed by atoms with E-state index < -0.39 is 9.15 Å². The number of rotatable bonds is 13. The maximum absolute atomic E-state index is 11.0. The van der Waals surface area contributed by atoms with Crippen molar-refractivity contribution in [2.24, 2.45) is 0 Å². The van der Waals surface area contributed by atoms with Crippen LogP contribution in [0.2, 0.25) is 0 Å². The second kappa shape index (κ2) is 12.3. The van der Waals surface area contributed by atoms with Crippen LogP contribution in [-0.4, -0.2) is 21.3 Å². The van der Waals surface area contributed by atoms with E-state index in [1.54, 1.807) is 0 Å². The van der Waals surface area contributed by atoms with Gasteiger partial charge in [-0.2, -0.15) is 8.42 Å². The fourth-order valence-corrected chi connectivity index (χ4v) is 2.71. The minimum atomic E-state index is -3.31. The second-order valence-electron chi connectivity index (χ2n) is 4.58. The van der Waals surface area contributed by atoms with Gasteiger partial charge in [-0.15, -0.1) is 0 Å². The van der Waals surface area contributed by atoms with Crippen molar-refractivity contribution in [2.75, 3.05) is 12.9 Å². The van der Waals surface area contributed by atoms with Gasteiger partial charge in [0.1, 0.15) is 0 Å². The fraction of sp³-hybridized carbons (Fsp3) is 1.00. The average molecular weight is 296 g/mol. The summed E-state index contributed by atoms with van der Waals surface area (Å²) in [6, 6.07) is 0. The lowest BCUT2D eigenvalue weighted by Crippen LogP contribution is -2.01. The van der Waals surface area contributed by atoms with Crippen LogP contribution in [-0.2, 0) is 13.3 Å². The first-order valence-corrected chi connectivity index (χ1v) is 10.2. The van der Waals surface area contributed by atoms with Gasteiger partial charge in [0.25, 0.3) is 0 Å². The van der Waals surface area contributed by atoms with Gasteiger partial charge in [-0.25, -0.2) is 0 Å². The van der Waals surface area contributed by atoms with E-state index in [9.17, 15) is 8.42 Å². The van der Waals surface area contributed by atoms with Crippen LogP contribution in [0, 0.1) is 0 Å². The van der Waals surface area contributed by atoms with Gasteiger partial charge in [0, 0.05) is 0 Å². The van der Waals surface area contributed by atoms with E-state index in [-0.39, 0.29) is 0 Å². The highest BCUT2D eigenvalue weighted by Crippen LogP contribution is 2.12. The van der Waals surface area contributed by atoms with Crippen molar-refractivity contribution in [3.05, 3.63) is 0 Å². The monoisotopic (exact) mass is 296 g/mol. The minimum Gasteiger partial charge on any atom is -0.262 e. The zero-order chi connectivity index (χ0) is 13.7. The lowest BCUT2D eigenvalue weighted by Gasteiger charge is -2.03. The molecule has 0 unspecified atom stereocenters. The lowest BCUT2D eigenvalue weighted by molar-refractivity contribution is 0.316. The molecule has 5 heteroatoms. The Bertz CT molecular complexity index is 263. The van der Waals surface area contributed by atoms with Gasteiger partial charge in [0.15, 0.2) is 0 Å². The molecule has 0 N–H and O–H groups in total. The van der Waals surface area contributed by atoms with Gasteiger partial charge in [-0.3, -0.25) is 4.18 Å². The third-order valence-corrected chi connectivity index (χ3v) is 5.31. The van der Waals surface area contributed by atoms with Gasteiger partial charge in [0.2, 0.25) is 0 Å². The summed E-state index contributed by atoms with van der Waals surface area (Å²) in [5.41, 5.74) is 0. The summed E-state index contributed by atoms with van der Waals surface area (Å²) in [5, 5.41) is 0. The molecule has 3 nitrogen and oxygen atoms in total. The molecule has 0 fully saturated rings. The Morgan fingerprint density at radius 1 is 0.833 bits per heavy atom. The van der Waals surface area contributed by atoms with Crippen LogP contribution >= 0.6 is 10.8 Å². The van der Waals surface area contributed by atoms with E-state index in [0.717, 1.165) is 23.6 Å². The van der Waals surface area contributed by atoms with Gasteiger partial charge < -0.3 is 0 Å². The van der Waals surface area contributed by atoms with Crippen LogP contribution < -0.4 is 0 Å². The van der Waals surface area contributed by atoms with Crippen molar-refractivity contribution in [1.82, 2.24) is 0 Å². The standard InChI is InChI=1S/C13H28O3S2/c1-3-4-5-6-7-8-9-10-11-12-13-16-18(14,15)17-2/h3-13H2,1-2H3. The maximum Gasteiger partial charge on any atom is 0.321 e. The first-order chi connectivity index (χ1) is 8.62. The SMILES string of the molecule is CCCCCCCCCCCCOS(=O)(=O)SC. The van der Waals surface area contributed by atoms with Crippen molar-refractivity contribution in [1.29, 1.82) is 0 Å². The molecule has 0 spiro atoms. The Labute approximate surface area is 117 Å². The van der Waals surface area contributed by atoms with Gasteiger partial charge in [-0.05, 0) is 23.5 Å². The van der Waals surface area contributed by atoms with E-state index in [4.69, 9.17) is 4.18 Å². The third-order valence-electron chi connectivity index (χ3n) is 2.93. The van der Waals surface area contributed by atoms with Crippen molar-refractivity contribution in [3.8, 4) is 0 Å². The lowest BCUT2D eigenvalue weighted by atomic mass is 10.1. The summed E-state index contributed by atoms with van der Waals surface area (Å²) >= 11 is 0. The normalized spacial score (nSPS) is 11.9. The molecule has 0 saturated carbocycles. The number of hydrogen-bond acceptors (Lipinski definition) is 4. The average Bonchev–Trinajstić information content (AvgIpc) is 2.36. The van der Waals surface area contributed by atoms with Crippen LogP contribution in [0.1, 0.15) is 71.1 Å². The van der Waals surface area contributed by atoms with Gasteiger partial charge >= 0.3 is 9.15 Å². The van der Waals surface area contributed by atoms with E-state index in [0.29, 0.717) is 6.61 Å². The largest absolute Gasteiger partial charge is 0.321 e. The second-order valence-corrected chi connectivity index (χ2v) is 8.19.